The molecule has 2 fully saturated rings. The number of amides is 1. The Labute approximate surface area is 178 Å². The zero-order valence-corrected chi connectivity index (χ0v) is 17.4. The highest BCUT2D eigenvalue weighted by Crippen LogP contribution is 2.34. The number of hydrogen-bond acceptors (Lipinski definition) is 4. The van der Waals surface area contributed by atoms with Crippen LogP contribution in [0.15, 0.2) is 54.6 Å². The van der Waals surface area contributed by atoms with E-state index in [1.807, 2.05) is 30.3 Å². The van der Waals surface area contributed by atoms with Crippen LogP contribution in [-0.2, 0) is 21.7 Å². The van der Waals surface area contributed by atoms with Crippen molar-refractivity contribution < 1.29 is 14.3 Å². The van der Waals surface area contributed by atoms with Crippen molar-refractivity contribution >= 4 is 18.3 Å². The second-order valence-corrected chi connectivity index (χ2v) is 7.67. The molecule has 0 saturated carbocycles. The summed E-state index contributed by atoms with van der Waals surface area (Å²) < 4.78 is 11.5. The zero-order valence-electron chi connectivity index (χ0n) is 16.6. The number of nitrogens with one attached hydrogen (secondary N) is 2. The molecule has 2 aliphatic rings. The molecule has 0 spiro atoms. The molecule has 2 aromatic rings. The number of ether oxygens (including phenoxy) is 2. The fourth-order valence-electron chi connectivity index (χ4n) is 4.03. The van der Waals surface area contributed by atoms with Gasteiger partial charge in [0, 0.05) is 19.8 Å². The summed E-state index contributed by atoms with van der Waals surface area (Å²) in [5.41, 5.74) is 1.92. The fourth-order valence-corrected chi connectivity index (χ4v) is 4.03. The van der Waals surface area contributed by atoms with Gasteiger partial charge in [-0.25, -0.2) is 0 Å². The summed E-state index contributed by atoms with van der Waals surface area (Å²) in [7, 11) is 0. The van der Waals surface area contributed by atoms with Gasteiger partial charge in [-0.2, -0.15) is 0 Å². The molecule has 1 amide bonds. The molecule has 2 heterocycles. The minimum Gasteiger partial charge on any atom is -0.489 e. The third-order valence-corrected chi connectivity index (χ3v) is 5.80. The molecule has 1 atom stereocenters. The van der Waals surface area contributed by atoms with Gasteiger partial charge >= 0.3 is 0 Å². The van der Waals surface area contributed by atoms with Gasteiger partial charge in [0.25, 0.3) is 0 Å². The lowest BCUT2D eigenvalue weighted by Gasteiger charge is -2.39. The zero-order chi connectivity index (χ0) is 19.2. The highest BCUT2D eigenvalue weighted by atomic mass is 35.5. The molecule has 0 bridgehead atoms. The standard InChI is InChI=1S/C23H28N2O3.ClH/c26-22(19-10-13-24-16-19)25-23(11-14-27-15-12-23)20-6-8-21(9-7-20)28-17-18-4-2-1-3-5-18;/h1-9,19,24H,10-17H2,(H,25,26);1H. The minimum atomic E-state index is -0.351. The van der Waals surface area contributed by atoms with E-state index in [1.54, 1.807) is 0 Å². The van der Waals surface area contributed by atoms with E-state index in [4.69, 9.17) is 9.47 Å². The monoisotopic (exact) mass is 416 g/mol. The van der Waals surface area contributed by atoms with Gasteiger partial charge in [0.05, 0.1) is 11.5 Å². The molecule has 0 radical (unpaired) electrons. The van der Waals surface area contributed by atoms with Crippen LogP contribution >= 0.6 is 12.4 Å². The maximum atomic E-state index is 12.8. The van der Waals surface area contributed by atoms with E-state index in [2.05, 4.69) is 34.9 Å². The molecule has 0 aliphatic carbocycles. The van der Waals surface area contributed by atoms with E-state index in [1.165, 1.54) is 0 Å². The number of carbonyl (C=O) groups excluding carboxylic acids is 1. The normalized spacial score (nSPS) is 20.5. The number of halogens is 1. The van der Waals surface area contributed by atoms with E-state index >= 15 is 0 Å². The minimum absolute atomic E-state index is 0. The summed E-state index contributed by atoms with van der Waals surface area (Å²) >= 11 is 0. The smallest absolute Gasteiger partial charge is 0.225 e. The van der Waals surface area contributed by atoms with Crippen molar-refractivity contribution in [1.29, 1.82) is 0 Å². The lowest BCUT2D eigenvalue weighted by atomic mass is 9.82. The summed E-state index contributed by atoms with van der Waals surface area (Å²) in [6.45, 7) is 3.56. The Morgan fingerprint density at radius 2 is 1.83 bits per heavy atom. The van der Waals surface area contributed by atoms with Gasteiger partial charge in [-0.05, 0) is 49.1 Å². The van der Waals surface area contributed by atoms with Gasteiger partial charge in [0.15, 0.2) is 0 Å². The third kappa shape index (κ3) is 5.30. The first-order valence-corrected chi connectivity index (χ1v) is 10.1. The predicted octanol–water partition coefficient (Wildman–Crippen LogP) is 3.42. The van der Waals surface area contributed by atoms with E-state index in [-0.39, 0.29) is 29.8 Å². The van der Waals surface area contributed by atoms with Crippen molar-refractivity contribution in [3.8, 4) is 5.75 Å². The van der Waals surface area contributed by atoms with Crippen molar-refractivity contribution in [3.05, 3.63) is 65.7 Å². The molecule has 5 nitrogen and oxygen atoms in total. The molecule has 2 N–H and O–H groups in total. The van der Waals surface area contributed by atoms with Gasteiger partial charge < -0.3 is 20.1 Å². The molecule has 156 valence electrons. The first-order chi connectivity index (χ1) is 13.8. The average Bonchev–Trinajstić information content (AvgIpc) is 3.29. The van der Waals surface area contributed by atoms with Gasteiger partial charge in [0.2, 0.25) is 5.91 Å². The Morgan fingerprint density at radius 1 is 1.10 bits per heavy atom. The lowest BCUT2D eigenvalue weighted by Crippen LogP contribution is -2.51. The van der Waals surface area contributed by atoms with Crippen LogP contribution in [0.25, 0.3) is 0 Å². The Bertz CT molecular complexity index is 770. The summed E-state index contributed by atoms with van der Waals surface area (Å²) in [4.78, 5) is 12.8. The highest BCUT2D eigenvalue weighted by molar-refractivity contribution is 5.85. The molecule has 0 aromatic heterocycles. The Kier molecular flexibility index (Phi) is 7.53. The quantitative estimate of drug-likeness (QED) is 0.757. The van der Waals surface area contributed by atoms with Gasteiger partial charge in [-0.1, -0.05) is 42.5 Å². The second-order valence-electron chi connectivity index (χ2n) is 7.67. The SMILES string of the molecule is Cl.O=C(NC1(c2ccc(OCc3ccccc3)cc2)CCOCC1)C1CCNC1. The van der Waals surface area contributed by atoms with Crippen LogP contribution in [0.1, 0.15) is 30.4 Å². The van der Waals surface area contributed by atoms with Crippen LogP contribution in [0.4, 0.5) is 0 Å². The molecule has 6 heteroatoms. The Hall–Kier alpha value is -2.08. The second kappa shape index (κ2) is 10.1. The average molecular weight is 417 g/mol. The molecule has 1 unspecified atom stereocenters. The first kappa shape index (κ1) is 21.6. The molecule has 2 aromatic carbocycles. The lowest BCUT2D eigenvalue weighted by molar-refractivity contribution is -0.127. The van der Waals surface area contributed by atoms with E-state index in [0.717, 1.165) is 49.2 Å². The van der Waals surface area contributed by atoms with Crippen molar-refractivity contribution in [2.75, 3.05) is 26.3 Å². The highest BCUT2D eigenvalue weighted by Gasteiger charge is 2.38. The summed E-state index contributed by atoms with van der Waals surface area (Å²) in [5, 5.41) is 6.64. The van der Waals surface area contributed by atoms with Crippen molar-refractivity contribution in [2.24, 2.45) is 5.92 Å². The van der Waals surface area contributed by atoms with E-state index in [0.29, 0.717) is 19.8 Å². The number of carbonyl (C=O) groups is 1. The third-order valence-electron chi connectivity index (χ3n) is 5.80. The number of benzene rings is 2. The Balaban J connectivity index is 0.00000240. The summed E-state index contributed by atoms with van der Waals surface area (Å²) in [5.74, 6) is 1.05. The van der Waals surface area contributed by atoms with Crippen LogP contribution in [0, 0.1) is 5.92 Å². The van der Waals surface area contributed by atoms with Crippen LogP contribution < -0.4 is 15.4 Å². The molecule has 4 rings (SSSR count). The van der Waals surface area contributed by atoms with E-state index < -0.39 is 0 Å². The Morgan fingerprint density at radius 3 is 2.48 bits per heavy atom. The van der Waals surface area contributed by atoms with E-state index in [9.17, 15) is 4.79 Å². The molecular weight excluding hydrogens is 388 g/mol. The molecule has 29 heavy (non-hydrogen) atoms. The molecule has 2 saturated heterocycles. The number of hydrogen-bond donors (Lipinski definition) is 2. The first-order valence-electron chi connectivity index (χ1n) is 10.1. The van der Waals surface area contributed by atoms with Crippen molar-refractivity contribution in [1.82, 2.24) is 10.6 Å². The largest absolute Gasteiger partial charge is 0.489 e. The number of rotatable bonds is 6. The van der Waals surface area contributed by atoms with Gasteiger partial charge in [-0.3, -0.25) is 4.79 Å². The predicted molar refractivity (Wildman–Crippen MR) is 115 cm³/mol. The summed E-state index contributed by atoms with van der Waals surface area (Å²) in [6, 6.07) is 18.3. The van der Waals surface area contributed by atoms with Gasteiger partial charge in [-0.15, -0.1) is 12.4 Å². The maximum Gasteiger partial charge on any atom is 0.225 e. The molecular formula is C23H29ClN2O3. The van der Waals surface area contributed by atoms with Crippen LogP contribution in [-0.4, -0.2) is 32.2 Å². The maximum absolute atomic E-state index is 12.8. The van der Waals surface area contributed by atoms with Crippen LogP contribution in [0.2, 0.25) is 0 Å². The summed E-state index contributed by atoms with van der Waals surface area (Å²) in [6.07, 6.45) is 2.50. The fraction of sp³-hybridized carbons (Fsp3) is 0.435. The topological polar surface area (TPSA) is 59.6 Å². The molecule has 2 aliphatic heterocycles. The van der Waals surface area contributed by atoms with Gasteiger partial charge in [0.1, 0.15) is 12.4 Å². The van der Waals surface area contributed by atoms with Crippen molar-refractivity contribution in [2.45, 2.75) is 31.4 Å². The van der Waals surface area contributed by atoms with Crippen LogP contribution in [0.5, 0.6) is 5.75 Å². The van der Waals surface area contributed by atoms with Crippen molar-refractivity contribution in [3.63, 3.8) is 0 Å². The van der Waals surface area contributed by atoms with Crippen LogP contribution in [0.3, 0.4) is 0 Å².